The number of ether oxygens (including phenoxy) is 7. The van der Waals surface area contributed by atoms with E-state index in [1.54, 1.807) is 11.3 Å². The van der Waals surface area contributed by atoms with Gasteiger partial charge in [-0.25, -0.2) is 4.98 Å². The molecule has 0 aliphatic carbocycles. The van der Waals surface area contributed by atoms with E-state index in [1.807, 2.05) is 64.4 Å². The minimum atomic E-state index is -0.999. The molecule has 0 unspecified atom stereocenters. The first kappa shape index (κ1) is 50.2. The molecular formula is C41H68N6O11S. The molecule has 3 atom stereocenters. The summed E-state index contributed by atoms with van der Waals surface area (Å²) in [7, 11) is 0. The maximum absolute atomic E-state index is 14.1. The molecule has 7 N–H and O–H groups in total. The lowest BCUT2D eigenvalue weighted by Crippen LogP contribution is -2.58. The number of thiazole rings is 1. The van der Waals surface area contributed by atoms with Gasteiger partial charge in [-0.3, -0.25) is 14.4 Å². The van der Waals surface area contributed by atoms with Crippen LogP contribution in [0.2, 0.25) is 0 Å². The Balaban J connectivity index is 1.53. The van der Waals surface area contributed by atoms with Crippen LogP contribution in [-0.4, -0.2) is 163 Å². The van der Waals surface area contributed by atoms with Gasteiger partial charge in [-0.15, -0.1) is 11.3 Å². The lowest BCUT2D eigenvalue weighted by atomic mass is 9.85. The first-order valence-electron chi connectivity index (χ1n) is 20.3. The number of carbonyl (C=O) groups is 3. The lowest BCUT2D eigenvalue weighted by molar-refractivity contribution is -0.145. The van der Waals surface area contributed by atoms with Gasteiger partial charge in [0.2, 0.25) is 17.7 Å². The number of rotatable bonds is 30. The van der Waals surface area contributed by atoms with Crippen molar-refractivity contribution in [3.63, 3.8) is 0 Å². The first-order chi connectivity index (χ1) is 28.3. The fourth-order valence-corrected chi connectivity index (χ4v) is 6.99. The highest BCUT2D eigenvalue weighted by atomic mass is 32.1. The molecule has 1 aliphatic heterocycles. The van der Waals surface area contributed by atoms with Crippen LogP contribution in [0.25, 0.3) is 10.4 Å². The second-order valence-corrected chi connectivity index (χ2v) is 16.7. The van der Waals surface area contributed by atoms with Crippen LogP contribution in [0.5, 0.6) is 0 Å². The molecule has 334 valence electrons. The summed E-state index contributed by atoms with van der Waals surface area (Å²) in [6.07, 6.45) is -0.801. The number of hydrogen-bond donors (Lipinski definition) is 5. The normalized spacial score (nSPS) is 16.4. The average Bonchev–Trinajstić information content (AvgIpc) is 3.82. The summed E-state index contributed by atoms with van der Waals surface area (Å²) >= 11 is 1.57. The fourth-order valence-electron chi connectivity index (χ4n) is 6.18. The molecule has 59 heavy (non-hydrogen) atoms. The van der Waals surface area contributed by atoms with E-state index in [0.717, 1.165) is 21.7 Å². The van der Waals surface area contributed by atoms with Crippen LogP contribution in [0.4, 0.5) is 0 Å². The Morgan fingerprint density at radius 1 is 0.831 bits per heavy atom. The highest BCUT2D eigenvalue weighted by molar-refractivity contribution is 7.13. The van der Waals surface area contributed by atoms with Crippen molar-refractivity contribution in [3.8, 4) is 10.4 Å². The zero-order chi connectivity index (χ0) is 43.1. The van der Waals surface area contributed by atoms with E-state index in [4.69, 9.17) is 44.6 Å². The van der Waals surface area contributed by atoms with E-state index in [2.05, 4.69) is 15.6 Å². The van der Waals surface area contributed by atoms with E-state index < -0.39 is 40.8 Å². The molecule has 3 rings (SSSR count). The highest BCUT2D eigenvalue weighted by Crippen LogP contribution is 2.28. The first-order valence-corrected chi connectivity index (χ1v) is 21.1. The summed E-state index contributed by atoms with van der Waals surface area (Å²) in [6.45, 7) is 14.9. The van der Waals surface area contributed by atoms with Gasteiger partial charge in [-0.05, 0) is 23.5 Å². The van der Waals surface area contributed by atoms with Gasteiger partial charge >= 0.3 is 0 Å². The van der Waals surface area contributed by atoms with Crippen molar-refractivity contribution >= 4 is 29.1 Å². The molecule has 2 heterocycles. The fraction of sp³-hybridized carbons (Fsp3) is 0.707. The average molecular weight is 853 g/mol. The number of nitrogens with one attached hydrogen (secondary N) is 2. The number of hydrogen-bond acceptors (Lipinski definition) is 15. The number of carbonyl (C=O) groups excluding carboxylic acids is 3. The number of aliphatic hydroxyl groups excluding tert-OH is 1. The predicted octanol–water partition coefficient (Wildman–Crippen LogP) is 1.27. The van der Waals surface area contributed by atoms with Gasteiger partial charge in [-0.1, -0.05) is 52.0 Å². The van der Waals surface area contributed by atoms with E-state index in [-0.39, 0.29) is 51.8 Å². The molecule has 0 saturated carbocycles. The number of nitrogens with zero attached hydrogens (tertiary/aromatic N) is 2. The van der Waals surface area contributed by atoms with Crippen molar-refractivity contribution in [2.75, 3.05) is 112 Å². The minimum Gasteiger partial charge on any atom is -0.391 e. The predicted molar refractivity (Wildman–Crippen MR) is 224 cm³/mol. The third-order valence-electron chi connectivity index (χ3n) is 9.31. The van der Waals surface area contributed by atoms with Crippen LogP contribution >= 0.6 is 11.3 Å². The molecule has 1 saturated heterocycles. The van der Waals surface area contributed by atoms with E-state index in [9.17, 15) is 19.5 Å². The molecule has 0 bridgehead atoms. The zero-order valence-electron chi connectivity index (χ0n) is 35.5. The second kappa shape index (κ2) is 26.9. The summed E-state index contributed by atoms with van der Waals surface area (Å²) < 4.78 is 39.5. The van der Waals surface area contributed by atoms with Gasteiger partial charge < -0.3 is 65.3 Å². The van der Waals surface area contributed by atoms with Crippen molar-refractivity contribution in [2.24, 2.45) is 22.3 Å². The molecule has 2 aromatic rings. The maximum atomic E-state index is 14.1. The van der Waals surface area contributed by atoms with Crippen LogP contribution < -0.4 is 22.1 Å². The number of aromatic nitrogens is 1. The van der Waals surface area contributed by atoms with Gasteiger partial charge in [0.15, 0.2) is 0 Å². The minimum absolute atomic E-state index is 0.0304. The Morgan fingerprint density at radius 3 is 1.86 bits per heavy atom. The molecule has 3 amide bonds. The topological polar surface area (TPSA) is 228 Å². The highest BCUT2D eigenvalue weighted by Gasteiger charge is 2.44. The smallest absolute Gasteiger partial charge is 0.246 e. The van der Waals surface area contributed by atoms with E-state index in [1.165, 1.54) is 4.90 Å². The van der Waals surface area contributed by atoms with Crippen molar-refractivity contribution in [3.05, 3.63) is 41.0 Å². The number of likely N-dealkylation sites (tertiary alicyclic amines) is 1. The standard InChI is InChI=1S/C41H68N6O11S/c1-30-36(59-29-45-30)32-8-6-31(7-9-32)23-44-38(50)34-22-33(48)24-47(34)39(51)37(40(2,3)4)46-35(49)25-58-28-41(5,26-56-20-18-54-16-14-52-12-10-42)27-57-21-19-55-17-15-53-13-11-43/h6-9,29,33-34,37,48H,10-28,42-43H2,1-5H3,(H,44,50)(H,46,49)/t33-,34+,37-/m1/s1. The Labute approximate surface area is 353 Å². The molecule has 0 spiro atoms. The maximum Gasteiger partial charge on any atom is 0.246 e. The molecule has 1 aromatic carbocycles. The molecule has 1 aromatic heterocycles. The molecular weight excluding hydrogens is 785 g/mol. The Kier molecular flexibility index (Phi) is 22.9. The summed E-state index contributed by atoms with van der Waals surface area (Å²) in [5, 5.41) is 16.4. The molecule has 1 fully saturated rings. The van der Waals surface area contributed by atoms with Gasteiger partial charge in [0.05, 0.1) is 108 Å². The second-order valence-electron chi connectivity index (χ2n) is 15.9. The molecule has 17 nitrogen and oxygen atoms in total. The quantitative estimate of drug-likeness (QED) is 0.0698. The molecule has 18 heteroatoms. The molecule has 1 aliphatic rings. The number of nitrogens with two attached hydrogens (primary N) is 2. The SMILES string of the molecule is Cc1ncsc1-c1ccc(CNC(=O)[C@@H]2C[C@@H](O)CN2C(=O)[C@@H](NC(=O)COCC(C)(COCCOCCOCCN)COCCOCCOCCN)C(C)(C)C)cc1. The van der Waals surface area contributed by atoms with Gasteiger partial charge in [0.25, 0.3) is 0 Å². The van der Waals surface area contributed by atoms with E-state index in [0.29, 0.717) is 79.2 Å². The number of benzene rings is 1. The third-order valence-corrected chi connectivity index (χ3v) is 10.3. The number of amides is 3. The van der Waals surface area contributed by atoms with Crippen LogP contribution in [0.15, 0.2) is 29.8 Å². The number of aryl methyl sites for hydroxylation is 1. The van der Waals surface area contributed by atoms with Crippen LogP contribution in [0.3, 0.4) is 0 Å². The Hall–Kier alpha value is -3.14. The summed E-state index contributed by atoms with van der Waals surface area (Å²) in [4.78, 5) is 47.7. The van der Waals surface area contributed by atoms with Gasteiger partial charge in [0, 0.05) is 38.0 Å². The van der Waals surface area contributed by atoms with Crippen LogP contribution in [-0.2, 0) is 54.1 Å². The van der Waals surface area contributed by atoms with Gasteiger partial charge in [-0.2, -0.15) is 0 Å². The number of aliphatic hydroxyl groups is 1. The number of β-amino-alcohol motifs (C(OH)–C–C–N with tert-alkyl or cyclic N) is 1. The lowest BCUT2D eigenvalue weighted by Gasteiger charge is -2.35. The van der Waals surface area contributed by atoms with Crippen LogP contribution in [0, 0.1) is 17.8 Å². The molecule has 0 radical (unpaired) electrons. The van der Waals surface area contributed by atoms with E-state index >= 15 is 0 Å². The zero-order valence-corrected chi connectivity index (χ0v) is 36.4. The Morgan fingerprint density at radius 2 is 1.36 bits per heavy atom. The van der Waals surface area contributed by atoms with Crippen molar-refractivity contribution < 1.29 is 52.6 Å². The monoisotopic (exact) mass is 852 g/mol. The van der Waals surface area contributed by atoms with Gasteiger partial charge in [0.1, 0.15) is 18.7 Å². The summed E-state index contributed by atoms with van der Waals surface area (Å²) in [6, 6.07) is 5.96. The van der Waals surface area contributed by atoms with Crippen molar-refractivity contribution in [1.29, 1.82) is 0 Å². The Bertz CT molecular complexity index is 1490. The summed E-state index contributed by atoms with van der Waals surface area (Å²) in [5.41, 5.74) is 14.2. The summed E-state index contributed by atoms with van der Waals surface area (Å²) in [5.74, 6) is -1.34. The largest absolute Gasteiger partial charge is 0.391 e. The van der Waals surface area contributed by atoms with Crippen molar-refractivity contribution in [2.45, 2.75) is 65.8 Å². The van der Waals surface area contributed by atoms with Crippen LogP contribution in [0.1, 0.15) is 45.4 Å². The third kappa shape index (κ3) is 18.6. The van der Waals surface area contributed by atoms with Crippen molar-refractivity contribution in [1.82, 2.24) is 20.5 Å².